The van der Waals surface area contributed by atoms with Gasteiger partial charge in [-0.1, -0.05) is 61.2 Å². The van der Waals surface area contributed by atoms with E-state index in [0.29, 0.717) is 15.8 Å². The summed E-state index contributed by atoms with van der Waals surface area (Å²) in [6.07, 6.45) is 8.10. The van der Waals surface area contributed by atoms with Crippen molar-refractivity contribution in [2.45, 2.75) is 71.4 Å². The first-order valence-electron chi connectivity index (χ1n) is 15.3. The number of benzene rings is 1. The molecule has 0 saturated carbocycles. The predicted octanol–water partition coefficient (Wildman–Crippen LogP) is 4.86. The minimum Gasteiger partial charge on any atom is -0.594 e. The Balaban J connectivity index is 1.21. The van der Waals surface area contributed by atoms with Crippen LogP contribution in [0.4, 0.5) is 0 Å². The Labute approximate surface area is 256 Å². The zero-order chi connectivity index (χ0) is 30.1. The van der Waals surface area contributed by atoms with Gasteiger partial charge >= 0.3 is 0 Å². The number of aryl methyl sites for hydroxylation is 1. The average molecular weight is 601 g/mol. The summed E-state index contributed by atoms with van der Waals surface area (Å²) in [5, 5.41) is 28.8. The lowest BCUT2D eigenvalue weighted by atomic mass is 9.71. The first kappa shape index (κ1) is 29.6. The summed E-state index contributed by atoms with van der Waals surface area (Å²) in [6.45, 7) is 9.44. The Morgan fingerprint density at radius 1 is 1.14 bits per heavy atom. The second kappa shape index (κ2) is 12.3. The van der Waals surface area contributed by atoms with Crippen LogP contribution >= 0.6 is 11.3 Å². The maximum atomic E-state index is 13.6. The molecular formula is C33H40N6O3S. The van der Waals surface area contributed by atoms with Crippen LogP contribution in [0.2, 0.25) is 0 Å². The molecule has 2 N–H and O–H groups in total. The average Bonchev–Trinajstić information content (AvgIpc) is 3.41. The van der Waals surface area contributed by atoms with E-state index < -0.39 is 0 Å². The SMILES string of the molecule is CC(C)(C)[C@H]1CCc2nc3sc(C(=O)N[C@H](CCN4CCC(O)CC4)c4ccc(-c5cc[n+]([O-])nc5)cc4)nc3cc2C1. The number of likely N-dealkylation sites (tertiary alicyclic amines) is 1. The summed E-state index contributed by atoms with van der Waals surface area (Å²) in [4.78, 5) is 27.0. The van der Waals surface area contributed by atoms with Crippen LogP contribution < -0.4 is 10.2 Å². The number of pyridine rings is 1. The molecule has 6 rings (SSSR count). The van der Waals surface area contributed by atoms with Gasteiger partial charge in [-0.15, -0.1) is 0 Å². The van der Waals surface area contributed by atoms with Crippen molar-refractivity contribution in [1.82, 2.24) is 25.3 Å². The van der Waals surface area contributed by atoms with Gasteiger partial charge in [-0.05, 0) is 72.6 Å². The molecule has 1 saturated heterocycles. The highest BCUT2D eigenvalue weighted by atomic mass is 32.1. The molecule has 1 aromatic carbocycles. The molecule has 43 heavy (non-hydrogen) atoms. The molecule has 3 aromatic heterocycles. The van der Waals surface area contributed by atoms with Crippen molar-refractivity contribution >= 4 is 27.6 Å². The first-order valence-corrected chi connectivity index (χ1v) is 16.1. The molecule has 0 spiro atoms. The summed E-state index contributed by atoms with van der Waals surface area (Å²) in [7, 11) is 0. The summed E-state index contributed by atoms with van der Waals surface area (Å²) in [5.74, 6) is 0.418. The number of fused-ring (bicyclic) bond motifs is 2. The zero-order valence-electron chi connectivity index (χ0n) is 25.1. The molecule has 4 aromatic rings. The second-order valence-corrected chi connectivity index (χ2v) is 14.0. The molecule has 10 heteroatoms. The molecule has 2 atom stereocenters. The van der Waals surface area contributed by atoms with Crippen LogP contribution in [0.1, 0.15) is 79.1 Å². The Morgan fingerprint density at radius 3 is 2.60 bits per heavy atom. The van der Waals surface area contributed by atoms with E-state index in [1.807, 2.05) is 24.3 Å². The maximum Gasteiger partial charge on any atom is 0.280 e. The van der Waals surface area contributed by atoms with Crippen molar-refractivity contribution in [3.05, 3.63) is 75.8 Å². The van der Waals surface area contributed by atoms with Crippen molar-refractivity contribution in [2.75, 3.05) is 19.6 Å². The molecule has 1 aliphatic carbocycles. The molecule has 1 fully saturated rings. The molecule has 4 heterocycles. The monoisotopic (exact) mass is 600 g/mol. The number of carbonyl (C=O) groups excluding carboxylic acids is 1. The van der Waals surface area contributed by atoms with E-state index in [9.17, 15) is 15.1 Å². The highest BCUT2D eigenvalue weighted by Gasteiger charge is 2.30. The summed E-state index contributed by atoms with van der Waals surface area (Å²) < 4.78 is 0. The Hall–Kier alpha value is -3.47. The third-order valence-corrected chi connectivity index (χ3v) is 10.1. The van der Waals surface area contributed by atoms with Gasteiger partial charge in [0, 0.05) is 42.1 Å². The standard InChI is InChI=1S/C33H40N6O3S/c1-33(2,3)25-8-9-27-24(18-25)19-29-31(36-27)43-32(37-29)30(41)35-28(13-16-38-14-11-26(40)12-15-38)22-6-4-21(5-7-22)23-10-17-39(42)34-20-23/h4-7,10,17,19-20,25-26,28,40H,8-9,11-16,18H2,1-3H3,(H,35,41)/t25-,28+/m0/s1. The van der Waals surface area contributed by atoms with Gasteiger partial charge in [0.1, 0.15) is 16.5 Å². The van der Waals surface area contributed by atoms with Gasteiger partial charge in [-0.2, -0.15) is 0 Å². The quantitative estimate of drug-likeness (QED) is 0.230. The Kier molecular flexibility index (Phi) is 8.44. The predicted molar refractivity (Wildman–Crippen MR) is 168 cm³/mol. The van der Waals surface area contributed by atoms with E-state index in [1.54, 1.807) is 12.3 Å². The summed E-state index contributed by atoms with van der Waals surface area (Å²) in [5.41, 5.74) is 6.25. The van der Waals surface area contributed by atoms with E-state index in [2.05, 4.69) is 42.2 Å². The molecule has 1 aliphatic heterocycles. The number of carbonyl (C=O) groups is 1. The molecule has 0 radical (unpaired) electrons. The van der Waals surface area contributed by atoms with Crippen LogP contribution in [0.5, 0.6) is 0 Å². The molecule has 9 nitrogen and oxygen atoms in total. The van der Waals surface area contributed by atoms with Gasteiger partial charge < -0.3 is 20.5 Å². The molecular weight excluding hydrogens is 560 g/mol. The van der Waals surface area contributed by atoms with Gasteiger partial charge in [0.15, 0.2) is 5.01 Å². The summed E-state index contributed by atoms with van der Waals surface area (Å²) >= 11 is 1.36. The van der Waals surface area contributed by atoms with Crippen molar-refractivity contribution < 1.29 is 14.7 Å². The lowest BCUT2D eigenvalue weighted by molar-refractivity contribution is -0.669. The van der Waals surface area contributed by atoms with Gasteiger partial charge in [0.2, 0.25) is 6.20 Å². The number of nitrogens with one attached hydrogen (secondary N) is 1. The minimum atomic E-state index is -0.222. The highest BCUT2D eigenvalue weighted by Crippen LogP contribution is 2.38. The largest absolute Gasteiger partial charge is 0.594 e. The number of thiazole rings is 1. The fraction of sp³-hybridized carbons (Fsp3) is 0.485. The third kappa shape index (κ3) is 6.87. The maximum absolute atomic E-state index is 13.6. The molecule has 0 bridgehead atoms. The second-order valence-electron chi connectivity index (χ2n) is 13.1. The van der Waals surface area contributed by atoms with Crippen LogP contribution in [-0.2, 0) is 12.8 Å². The van der Waals surface area contributed by atoms with Gasteiger partial charge in [0.05, 0.1) is 12.1 Å². The van der Waals surface area contributed by atoms with E-state index in [1.165, 1.54) is 23.1 Å². The zero-order valence-corrected chi connectivity index (χ0v) is 25.9. The smallest absolute Gasteiger partial charge is 0.280 e. The summed E-state index contributed by atoms with van der Waals surface area (Å²) in [6, 6.07) is 11.7. The fourth-order valence-corrected chi connectivity index (χ4v) is 7.11. The van der Waals surface area contributed by atoms with Crippen LogP contribution in [0.15, 0.2) is 48.8 Å². The number of amides is 1. The van der Waals surface area contributed by atoms with Crippen molar-refractivity contribution in [3.8, 4) is 11.1 Å². The highest BCUT2D eigenvalue weighted by molar-refractivity contribution is 7.19. The number of hydrogen-bond donors (Lipinski definition) is 2. The van der Waals surface area contributed by atoms with Crippen molar-refractivity contribution in [2.24, 2.45) is 11.3 Å². The Bertz CT molecular complexity index is 1570. The van der Waals surface area contributed by atoms with E-state index in [-0.39, 0.29) is 23.5 Å². The Morgan fingerprint density at radius 2 is 1.91 bits per heavy atom. The number of nitrogens with zero attached hydrogens (tertiary/aromatic N) is 5. The number of aliphatic hydroxyl groups is 1. The number of aliphatic hydroxyl groups excluding tert-OH is 1. The number of aromatic nitrogens is 4. The molecule has 2 aliphatic rings. The van der Waals surface area contributed by atoms with E-state index in [4.69, 9.17) is 9.97 Å². The molecule has 226 valence electrons. The van der Waals surface area contributed by atoms with E-state index >= 15 is 0 Å². The lowest BCUT2D eigenvalue weighted by Crippen LogP contribution is -2.38. The van der Waals surface area contributed by atoms with E-state index in [0.717, 1.165) is 90.9 Å². The molecule has 0 unspecified atom stereocenters. The third-order valence-electron chi connectivity index (χ3n) is 9.10. The van der Waals surface area contributed by atoms with Crippen molar-refractivity contribution in [3.63, 3.8) is 0 Å². The van der Waals surface area contributed by atoms with Crippen LogP contribution in [0.3, 0.4) is 0 Å². The van der Waals surface area contributed by atoms with Crippen LogP contribution in [-0.4, -0.2) is 56.7 Å². The lowest BCUT2D eigenvalue weighted by Gasteiger charge is -2.34. The number of hydrogen-bond acceptors (Lipinski definition) is 8. The molecule has 1 amide bonds. The van der Waals surface area contributed by atoms with Crippen LogP contribution in [0.25, 0.3) is 21.5 Å². The normalized spacial score (nSPS) is 18.8. The first-order chi connectivity index (χ1) is 20.6. The number of rotatable bonds is 7. The van der Waals surface area contributed by atoms with Crippen molar-refractivity contribution in [1.29, 1.82) is 0 Å². The fourth-order valence-electron chi connectivity index (χ4n) is 6.27. The van der Waals surface area contributed by atoms with Gasteiger partial charge in [-0.25, -0.2) is 9.97 Å². The van der Waals surface area contributed by atoms with Gasteiger partial charge in [0.25, 0.3) is 5.91 Å². The number of piperidine rings is 1. The van der Waals surface area contributed by atoms with Gasteiger partial charge in [-0.3, -0.25) is 4.79 Å². The minimum absolute atomic E-state index is 0.191. The van der Waals surface area contributed by atoms with Crippen LogP contribution in [0, 0.1) is 16.5 Å². The topological polar surface area (TPSA) is 118 Å².